The summed E-state index contributed by atoms with van der Waals surface area (Å²) in [6.45, 7) is 8.66. The minimum absolute atomic E-state index is 0.00254. The van der Waals surface area contributed by atoms with Crippen molar-refractivity contribution >= 4 is 5.91 Å². The first-order chi connectivity index (χ1) is 9.96. The maximum absolute atomic E-state index is 11.8. The molecule has 118 valence electrons. The molecule has 21 heavy (non-hydrogen) atoms. The predicted octanol–water partition coefficient (Wildman–Crippen LogP) is 2.60. The van der Waals surface area contributed by atoms with Crippen molar-refractivity contribution in [3.8, 4) is 5.75 Å². The Kier molecular flexibility index (Phi) is 6.69. The standard InChI is InChI=1S/C17H27NO3/c1-5-17(6-2,12-19)11-18-16(20)10-21-15-8-7-13(3)14(4)9-15/h7-9,19H,5-6,10-12H2,1-4H3,(H,18,20). The molecule has 4 heteroatoms. The highest BCUT2D eigenvalue weighted by Gasteiger charge is 2.25. The van der Waals surface area contributed by atoms with Crippen LogP contribution in [0.15, 0.2) is 18.2 Å². The lowest BCUT2D eigenvalue weighted by molar-refractivity contribution is -0.123. The van der Waals surface area contributed by atoms with Gasteiger partial charge in [0.1, 0.15) is 5.75 Å². The van der Waals surface area contributed by atoms with Gasteiger partial charge in [0.15, 0.2) is 6.61 Å². The van der Waals surface area contributed by atoms with Gasteiger partial charge in [-0.3, -0.25) is 4.79 Å². The van der Waals surface area contributed by atoms with E-state index in [0.717, 1.165) is 18.4 Å². The van der Waals surface area contributed by atoms with Gasteiger partial charge < -0.3 is 15.2 Å². The molecule has 1 aromatic rings. The summed E-state index contributed by atoms with van der Waals surface area (Å²) < 4.78 is 5.50. The lowest BCUT2D eigenvalue weighted by Gasteiger charge is -2.29. The molecule has 2 N–H and O–H groups in total. The van der Waals surface area contributed by atoms with E-state index in [-0.39, 0.29) is 24.5 Å². The van der Waals surface area contributed by atoms with Crippen molar-refractivity contribution in [2.45, 2.75) is 40.5 Å². The number of nitrogens with one attached hydrogen (secondary N) is 1. The van der Waals surface area contributed by atoms with Gasteiger partial charge in [-0.25, -0.2) is 0 Å². The third-order valence-corrected chi connectivity index (χ3v) is 4.34. The van der Waals surface area contributed by atoms with Crippen LogP contribution >= 0.6 is 0 Å². The second kappa shape index (κ2) is 8.03. The van der Waals surface area contributed by atoms with Crippen molar-refractivity contribution in [2.75, 3.05) is 19.8 Å². The third kappa shape index (κ3) is 5.05. The van der Waals surface area contributed by atoms with E-state index >= 15 is 0 Å². The lowest BCUT2D eigenvalue weighted by atomic mass is 9.83. The van der Waals surface area contributed by atoms with Crippen molar-refractivity contribution in [3.63, 3.8) is 0 Å². The number of hydrogen-bond donors (Lipinski definition) is 2. The highest BCUT2D eigenvalue weighted by Crippen LogP contribution is 2.24. The van der Waals surface area contributed by atoms with Gasteiger partial charge >= 0.3 is 0 Å². The van der Waals surface area contributed by atoms with Crippen LogP contribution < -0.4 is 10.1 Å². The number of aliphatic hydroxyl groups is 1. The van der Waals surface area contributed by atoms with Gasteiger partial charge in [0.2, 0.25) is 0 Å². The SMILES string of the molecule is CCC(CC)(CO)CNC(=O)COc1ccc(C)c(C)c1. The molecule has 0 saturated heterocycles. The molecule has 0 bridgehead atoms. The molecule has 4 nitrogen and oxygen atoms in total. The first-order valence-electron chi connectivity index (χ1n) is 7.54. The van der Waals surface area contributed by atoms with Crippen molar-refractivity contribution in [3.05, 3.63) is 29.3 Å². The van der Waals surface area contributed by atoms with E-state index in [1.165, 1.54) is 5.56 Å². The zero-order valence-electron chi connectivity index (χ0n) is 13.5. The quantitative estimate of drug-likeness (QED) is 0.774. The third-order valence-electron chi connectivity index (χ3n) is 4.34. The Morgan fingerprint density at radius 1 is 1.24 bits per heavy atom. The molecule has 0 radical (unpaired) electrons. The summed E-state index contributed by atoms with van der Waals surface area (Å²) in [4.78, 5) is 11.8. The predicted molar refractivity (Wildman–Crippen MR) is 84.5 cm³/mol. The van der Waals surface area contributed by atoms with Gasteiger partial charge in [0.25, 0.3) is 5.91 Å². The summed E-state index contributed by atoms with van der Waals surface area (Å²) in [6.07, 6.45) is 1.66. The fourth-order valence-electron chi connectivity index (χ4n) is 2.07. The average Bonchev–Trinajstić information content (AvgIpc) is 2.50. The van der Waals surface area contributed by atoms with Crippen LogP contribution in [0.4, 0.5) is 0 Å². The monoisotopic (exact) mass is 293 g/mol. The molecule has 1 amide bonds. The molecule has 1 aromatic carbocycles. The summed E-state index contributed by atoms with van der Waals surface area (Å²) >= 11 is 0. The molecule has 0 atom stereocenters. The minimum Gasteiger partial charge on any atom is -0.484 e. The van der Waals surface area contributed by atoms with Crippen LogP contribution in [-0.4, -0.2) is 30.8 Å². The lowest BCUT2D eigenvalue weighted by Crippen LogP contribution is -2.41. The molecule has 0 aliphatic rings. The molecule has 0 heterocycles. The van der Waals surface area contributed by atoms with E-state index in [1.807, 2.05) is 45.9 Å². The Morgan fingerprint density at radius 3 is 2.43 bits per heavy atom. The van der Waals surface area contributed by atoms with Gasteiger partial charge in [-0.2, -0.15) is 0 Å². The molecule has 0 spiro atoms. The van der Waals surface area contributed by atoms with E-state index in [0.29, 0.717) is 12.3 Å². The topological polar surface area (TPSA) is 58.6 Å². The Balaban J connectivity index is 2.45. The molecule has 1 rings (SSSR count). The Labute approximate surface area is 127 Å². The van der Waals surface area contributed by atoms with Crippen LogP contribution in [0.1, 0.15) is 37.8 Å². The number of carbonyl (C=O) groups excluding carboxylic acids is 1. The Bertz CT molecular complexity index is 459. The van der Waals surface area contributed by atoms with Crippen LogP contribution in [-0.2, 0) is 4.79 Å². The van der Waals surface area contributed by atoms with Crippen LogP contribution in [0.3, 0.4) is 0 Å². The number of rotatable bonds is 8. The molecular weight excluding hydrogens is 266 g/mol. The fourth-order valence-corrected chi connectivity index (χ4v) is 2.07. The first-order valence-corrected chi connectivity index (χ1v) is 7.54. The van der Waals surface area contributed by atoms with Gasteiger partial charge in [-0.15, -0.1) is 0 Å². The molecule has 0 unspecified atom stereocenters. The average molecular weight is 293 g/mol. The van der Waals surface area contributed by atoms with E-state index in [4.69, 9.17) is 4.74 Å². The second-order valence-electron chi connectivity index (χ2n) is 5.68. The fraction of sp³-hybridized carbons (Fsp3) is 0.588. The maximum atomic E-state index is 11.8. The normalized spacial score (nSPS) is 11.3. The van der Waals surface area contributed by atoms with Crippen molar-refractivity contribution < 1.29 is 14.6 Å². The molecule has 0 saturated carbocycles. The number of ether oxygens (including phenoxy) is 1. The minimum atomic E-state index is -0.226. The van der Waals surface area contributed by atoms with E-state index in [2.05, 4.69) is 5.32 Å². The largest absolute Gasteiger partial charge is 0.484 e. The zero-order valence-corrected chi connectivity index (χ0v) is 13.5. The van der Waals surface area contributed by atoms with E-state index < -0.39 is 0 Å². The summed E-state index contributed by atoms with van der Waals surface area (Å²) in [5, 5.41) is 12.3. The summed E-state index contributed by atoms with van der Waals surface area (Å²) in [5.41, 5.74) is 2.12. The van der Waals surface area contributed by atoms with Gasteiger partial charge in [-0.1, -0.05) is 19.9 Å². The smallest absolute Gasteiger partial charge is 0.257 e. The maximum Gasteiger partial charge on any atom is 0.257 e. The molecule has 0 fully saturated rings. The Morgan fingerprint density at radius 2 is 1.90 bits per heavy atom. The van der Waals surface area contributed by atoms with Crippen molar-refractivity contribution in [2.24, 2.45) is 5.41 Å². The van der Waals surface area contributed by atoms with E-state index in [9.17, 15) is 9.90 Å². The van der Waals surface area contributed by atoms with Gasteiger partial charge in [0.05, 0.1) is 6.61 Å². The number of aryl methyl sites for hydroxylation is 2. The zero-order chi connectivity index (χ0) is 15.9. The highest BCUT2D eigenvalue weighted by molar-refractivity contribution is 5.77. The Hall–Kier alpha value is -1.55. The van der Waals surface area contributed by atoms with Crippen molar-refractivity contribution in [1.29, 1.82) is 0 Å². The summed E-state index contributed by atoms with van der Waals surface area (Å²) in [5.74, 6) is 0.542. The second-order valence-corrected chi connectivity index (χ2v) is 5.68. The van der Waals surface area contributed by atoms with Crippen LogP contribution in [0.5, 0.6) is 5.75 Å². The number of benzene rings is 1. The molecular formula is C17H27NO3. The van der Waals surface area contributed by atoms with Gasteiger partial charge in [-0.05, 0) is 49.9 Å². The number of carbonyl (C=O) groups is 1. The van der Waals surface area contributed by atoms with Crippen LogP contribution in [0, 0.1) is 19.3 Å². The number of amides is 1. The number of hydrogen-bond acceptors (Lipinski definition) is 3. The summed E-state index contributed by atoms with van der Waals surface area (Å²) in [6, 6.07) is 5.78. The van der Waals surface area contributed by atoms with Gasteiger partial charge in [0, 0.05) is 12.0 Å². The van der Waals surface area contributed by atoms with Crippen LogP contribution in [0.2, 0.25) is 0 Å². The van der Waals surface area contributed by atoms with E-state index in [1.54, 1.807) is 0 Å². The molecule has 0 aliphatic heterocycles. The molecule has 0 aliphatic carbocycles. The number of aliphatic hydroxyl groups excluding tert-OH is 1. The van der Waals surface area contributed by atoms with Crippen LogP contribution in [0.25, 0.3) is 0 Å². The molecule has 0 aromatic heterocycles. The first kappa shape index (κ1) is 17.5. The highest BCUT2D eigenvalue weighted by atomic mass is 16.5. The van der Waals surface area contributed by atoms with Crippen molar-refractivity contribution in [1.82, 2.24) is 5.32 Å². The summed E-state index contributed by atoms with van der Waals surface area (Å²) in [7, 11) is 0.